The van der Waals surface area contributed by atoms with Crippen LogP contribution in [0.3, 0.4) is 0 Å². The fourth-order valence-corrected chi connectivity index (χ4v) is 2.24. The highest BCUT2D eigenvalue weighted by Gasteiger charge is 2.40. The summed E-state index contributed by atoms with van der Waals surface area (Å²) >= 11 is 0. The van der Waals surface area contributed by atoms with Crippen LogP contribution in [0.4, 0.5) is 0 Å². The number of aliphatic carboxylic acids is 2. The van der Waals surface area contributed by atoms with Gasteiger partial charge in [0.15, 0.2) is 11.3 Å². The second-order valence-corrected chi connectivity index (χ2v) is 4.90. The Morgan fingerprint density at radius 2 is 1.91 bits per heavy atom. The monoisotopic (exact) mass is 306 g/mol. The topological polar surface area (TPSA) is 143 Å². The molecule has 1 aromatic carbocycles. The van der Waals surface area contributed by atoms with Crippen molar-refractivity contribution in [2.24, 2.45) is 5.16 Å². The first-order chi connectivity index (χ1) is 10.4. The summed E-state index contributed by atoms with van der Waals surface area (Å²) in [6, 6.07) is 7.10. The average Bonchev–Trinajstić information content (AvgIpc) is 2.87. The summed E-state index contributed by atoms with van der Waals surface area (Å²) in [6.45, 7) is 0. The number of benzene rings is 1. The van der Waals surface area contributed by atoms with Gasteiger partial charge in [-0.05, 0) is 11.6 Å². The van der Waals surface area contributed by atoms with Gasteiger partial charge in [0.05, 0.1) is 0 Å². The third-order valence-electron chi connectivity index (χ3n) is 3.38. The molecule has 1 aromatic heterocycles. The van der Waals surface area contributed by atoms with Crippen molar-refractivity contribution in [3.05, 3.63) is 36.0 Å². The summed E-state index contributed by atoms with van der Waals surface area (Å²) in [4.78, 5) is 25.2. The highest BCUT2D eigenvalue weighted by Crippen LogP contribution is 2.25. The van der Waals surface area contributed by atoms with E-state index < -0.39 is 29.7 Å². The van der Waals surface area contributed by atoms with Crippen LogP contribution in [-0.2, 0) is 16.0 Å². The second-order valence-electron chi connectivity index (χ2n) is 4.90. The van der Waals surface area contributed by atoms with Gasteiger partial charge < -0.3 is 25.5 Å². The van der Waals surface area contributed by atoms with E-state index in [1.165, 1.54) is 0 Å². The van der Waals surface area contributed by atoms with Crippen molar-refractivity contribution in [2.45, 2.75) is 18.4 Å². The molecule has 5 N–H and O–H groups in total. The first-order valence-electron chi connectivity index (χ1n) is 6.32. The number of aromatic amines is 1. The van der Waals surface area contributed by atoms with E-state index in [0.29, 0.717) is 5.56 Å². The van der Waals surface area contributed by atoms with Gasteiger partial charge in [-0.3, -0.25) is 0 Å². The molecule has 116 valence electrons. The highest BCUT2D eigenvalue weighted by molar-refractivity contribution is 6.36. The lowest BCUT2D eigenvalue weighted by atomic mass is 9.89. The minimum Gasteiger partial charge on any atom is -0.479 e. The highest BCUT2D eigenvalue weighted by atomic mass is 16.4. The maximum atomic E-state index is 11.4. The Bertz CT molecular complexity index is 751. The molecule has 0 aliphatic rings. The lowest BCUT2D eigenvalue weighted by Crippen LogP contribution is -2.44. The van der Waals surface area contributed by atoms with E-state index >= 15 is 0 Å². The molecule has 0 amide bonds. The van der Waals surface area contributed by atoms with Gasteiger partial charge in [0, 0.05) is 29.9 Å². The van der Waals surface area contributed by atoms with E-state index in [-0.39, 0.29) is 6.42 Å². The molecule has 0 radical (unpaired) electrons. The number of H-pyrrole nitrogens is 1. The molecular weight excluding hydrogens is 292 g/mol. The van der Waals surface area contributed by atoms with Crippen LogP contribution in [0.2, 0.25) is 0 Å². The number of para-hydroxylation sites is 1. The predicted molar refractivity (Wildman–Crippen MR) is 76.1 cm³/mol. The molecule has 2 aromatic rings. The van der Waals surface area contributed by atoms with Crippen molar-refractivity contribution in [3.8, 4) is 0 Å². The third-order valence-corrected chi connectivity index (χ3v) is 3.38. The number of oxime groups is 1. The average molecular weight is 306 g/mol. The van der Waals surface area contributed by atoms with Crippen molar-refractivity contribution in [2.75, 3.05) is 0 Å². The summed E-state index contributed by atoms with van der Waals surface area (Å²) in [5.41, 5.74) is -1.95. The van der Waals surface area contributed by atoms with Crippen molar-refractivity contribution in [1.82, 2.24) is 4.98 Å². The Balaban J connectivity index is 2.36. The number of carbonyl (C=O) groups is 2. The van der Waals surface area contributed by atoms with Gasteiger partial charge in [0.1, 0.15) is 0 Å². The molecule has 0 saturated heterocycles. The molecule has 1 atom stereocenters. The van der Waals surface area contributed by atoms with E-state index in [1.807, 2.05) is 0 Å². The first kappa shape index (κ1) is 15.5. The van der Waals surface area contributed by atoms with Gasteiger partial charge in [0.25, 0.3) is 0 Å². The lowest BCUT2D eigenvalue weighted by molar-refractivity contribution is -0.157. The summed E-state index contributed by atoms with van der Waals surface area (Å²) in [5, 5.41) is 40.2. The van der Waals surface area contributed by atoms with Crippen LogP contribution >= 0.6 is 0 Å². The fraction of sp³-hybridized carbons (Fsp3) is 0.214. The first-order valence-corrected chi connectivity index (χ1v) is 6.32. The van der Waals surface area contributed by atoms with E-state index in [9.17, 15) is 19.8 Å². The molecule has 0 bridgehead atoms. The number of hydrogen-bond donors (Lipinski definition) is 5. The molecule has 22 heavy (non-hydrogen) atoms. The maximum Gasteiger partial charge on any atom is 0.353 e. The second kappa shape index (κ2) is 5.86. The van der Waals surface area contributed by atoms with E-state index in [4.69, 9.17) is 10.3 Å². The van der Waals surface area contributed by atoms with Gasteiger partial charge in [-0.25, -0.2) is 9.59 Å². The number of fused-ring (bicyclic) bond motifs is 1. The molecule has 8 heteroatoms. The molecule has 8 nitrogen and oxygen atoms in total. The zero-order valence-electron chi connectivity index (χ0n) is 11.4. The standard InChI is InChI=1S/C14H14N2O6/c17-12(18)11(16-22)6-14(21,13(19)20)5-8-7-15-10-4-2-1-3-9(8)10/h1-4,7,15,21-22H,5-6H2,(H,17,18)(H,19,20)/b16-11+. The Kier molecular flexibility index (Phi) is 4.13. The van der Waals surface area contributed by atoms with Crippen LogP contribution in [0.5, 0.6) is 0 Å². The Morgan fingerprint density at radius 1 is 1.23 bits per heavy atom. The number of aliphatic hydroxyl groups is 1. The molecule has 0 saturated carbocycles. The van der Waals surface area contributed by atoms with Crippen molar-refractivity contribution in [3.63, 3.8) is 0 Å². The minimum atomic E-state index is -2.40. The zero-order chi connectivity index (χ0) is 16.3. The summed E-state index contributed by atoms with van der Waals surface area (Å²) in [7, 11) is 0. The summed E-state index contributed by atoms with van der Waals surface area (Å²) < 4.78 is 0. The minimum absolute atomic E-state index is 0.335. The maximum absolute atomic E-state index is 11.4. The number of carboxylic acid groups (broad SMARTS) is 2. The van der Waals surface area contributed by atoms with Crippen molar-refractivity contribution >= 4 is 28.6 Å². The number of nitrogens with zero attached hydrogens (tertiary/aromatic N) is 1. The predicted octanol–water partition coefficient (Wildman–Crippen LogP) is 0.831. The number of aromatic nitrogens is 1. The Morgan fingerprint density at radius 3 is 2.50 bits per heavy atom. The number of nitrogens with one attached hydrogen (secondary N) is 1. The number of carboxylic acids is 2. The molecule has 0 aliphatic carbocycles. The third kappa shape index (κ3) is 2.91. The summed E-state index contributed by atoms with van der Waals surface area (Å²) in [5.74, 6) is -3.19. The normalized spacial score (nSPS) is 14.7. The van der Waals surface area contributed by atoms with Crippen LogP contribution in [0.1, 0.15) is 12.0 Å². The van der Waals surface area contributed by atoms with Crippen LogP contribution in [0.15, 0.2) is 35.6 Å². The van der Waals surface area contributed by atoms with Gasteiger partial charge >= 0.3 is 11.9 Å². The molecule has 0 fully saturated rings. The quantitative estimate of drug-likeness (QED) is 0.304. The molecule has 1 heterocycles. The van der Waals surface area contributed by atoms with E-state index in [2.05, 4.69) is 10.1 Å². The Hall–Kier alpha value is -2.87. The molecule has 0 spiro atoms. The smallest absolute Gasteiger partial charge is 0.353 e. The van der Waals surface area contributed by atoms with Gasteiger partial charge in [-0.2, -0.15) is 0 Å². The van der Waals surface area contributed by atoms with Crippen LogP contribution in [0, 0.1) is 0 Å². The number of rotatable bonds is 6. The molecule has 2 rings (SSSR count). The van der Waals surface area contributed by atoms with Gasteiger partial charge in [0.2, 0.25) is 0 Å². The Labute approximate surface area is 124 Å². The largest absolute Gasteiger partial charge is 0.479 e. The van der Waals surface area contributed by atoms with Gasteiger partial charge in [-0.15, -0.1) is 0 Å². The SMILES string of the molecule is O=C(O)/C(CC(O)(Cc1c[nH]c2ccccc12)C(=O)O)=N/O. The number of hydrogen-bond acceptors (Lipinski definition) is 5. The van der Waals surface area contributed by atoms with Gasteiger partial charge in [-0.1, -0.05) is 23.4 Å². The molecule has 0 aliphatic heterocycles. The van der Waals surface area contributed by atoms with Crippen molar-refractivity contribution in [1.29, 1.82) is 0 Å². The zero-order valence-corrected chi connectivity index (χ0v) is 11.4. The lowest BCUT2D eigenvalue weighted by Gasteiger charge is -2.22. The van der Waals surface area contributed by atoms with Crippen LogP contribution in [-0.4, -0.2) is 48.8 Å². The fourth-order valence-electron chi connectivity index (χ4n) is 2.24. The molecular formula is C14H14N2O6. The summed E-state index contributed by atoms with van der Waals surface area (Å²) in [6.07, 6.45) is 0.390. The van der Waals surface area contributed by atoms with E-state index in [0.717, 1.165) is 10.9 Å². The van der Waals surface area contributed by atoms with E-state index in [1.54, 1.807) is 30.5 Å². The molecule has 1 unspecified atom stereocenters. The van der Waals surface area contributed by atoms with Crippen molar-refractivity contribution < 1.29 is 30.1 Å². The van der Waals surface area contributed by atoms with Crippen LogP contribution < -0.4 is 0 Å². The van der Waals surface area contributed by atoms with Crippen LogP contribution in [0.25, 0.3) is 10.9 Å².